The standard InChI is InChI=1S/C13H24O2.C3H8.C2H2/c1-5-6-7-12(10-14)13(3,4)9-8-11(2)15;1-3-2;1-2/h1,11-12,14-15H,6-10H2,2-4H3;3H2,1-2H3;1-2H. The summed E-state index contributed by atoms with van der Waals surface area (Å²) in [6, 6.07) is 0. The molecule has 0 fully saturated rings. The molecule has 2 N–H and O–H groups in total. The topological polar surface area (TPSA) is 40.5 Å². The predicted octanol–water partition coefficient (Wildman–Crippen LogP) is 3.86. The van der Waals surface area contributed by atoms with Crippen molar-refractivity contribution in [1.29, 1.82) is 0 Å². The van der Waals surface area contributed by atoms with Gasteiger partial charge in [0.1, 0.15) is 0 Å². The number of terminal acetylenes is 2. The van der Waals surface area contributed by atoms with Crippen molar-refractivity contribution in [3.63, 3.8) is 0 Å². The Labute approximate surface area is 127 Å². The van der Waals surface area contributed by atoms with Gasteiger partial charge in [0.05, 0.1) is 6.10 Å². The average Bonchev–Trinajstić information content (AvgIpc) is 2.40. The first kappa shape index (κ1) is 24.1. The van der Waals surface area contributed by atoms with Crippen LogP contribution in [0.4, 0.5) is 0 Å². The summed E-state index contributed by atoms with van der Waals surface area (Å²) < 4.78 is 0. The minimum atomic E-state index is -0.267. The lowest BCUT2D eigenvalue weighted by molar-refractivity contribution is 0.0822. The van der Waals surface area contributed by atoms with Gasteiger partial charge in [0.2, 0.25) is 0 Å². The summed E-state index contributed by atoms with van der Waals surface area (Å²) in [5, 5.41) is 18.6. The Morgan fingerprint density at radius 1 is 1.15 bits per heavy atom. The van der Waals surface area contributed by atoms with Gasteiger partial charge in [-0.2, -0.15) is 0 Å². The highest BCUT2D eigenvalue weighted by Gasteiger charge is 2.28. The molecule has 0 saturated heterocycles. The van der Waals surface area contributed by atoms with Gasteiger partial charge >= 0.3 is 0 Å². The predicted molar refractivity (Wildman–Crippen MR) is 89.2 cm³/mol. The lowest BCUT2D eigenvalue weighted by atomic mass is 9.73. The van der Waals surface area contributed by atoms with E-state index in [4.69, 9.17) is 6.42 Å². The fourth-order valence-corrected chi connectivity index (χ4v) is 1.77. The Balaban J connectivity index is -0.000000505. The summed E-state index contributed by atoms with van der Waals surface area (Å²) in [6.07, 6.45) is 17.5. The van der Waals surface area contributed by atoms with Gasteiger partial charge in [0, 0.05) is 13.0 Å². The molecule has 0 aromatic carbocycles. The largest absolute Gasteiger partial charge is 0.396 e. The van der Waals surface area contributed by atoms with E-state index in [9.17, 15) is 10.2 Å². The summed E-state index contributed by atoms with van der Waals surface area (Å²) in [6.45, 7) is 10.5. The van der Waals surface area contributed by atoms with Crippen LogP contribution in [-0.2, 0) is 0 Å². The second-order valence-corrected chi connectivity index (χ2v) is 5.71. The molecule has 2 heteroatoms. The van der Waals surface area contributed by atoms with Crippen molar-refractivity contribution in [3.05, 3.63) is 0 Å². The second-order valence-electron chi connectivity index (χ2n) is 5.71. The SMILES string of the molecule is C#C.C#CCCC(CO)C(C)(C)CCC(C)O.CCC. The minimum absolute atomic E-state index is 0.0442. The van der Waals surface area contributed by atoms with Crippen molar-refractivity contribution >= 4 is 0 Å². The van der Waals surface area contributed by atoms with Gasteiger partial charge in [-0.05, 0) is 37.5 Å². The molecule has 2 unspecified atom stereocenters. The van der Waals surface area contributed by atoms with Crippen LogP contribution in [0, 0.1) is 36.5 Å². The zero-order valence-electron chi connectivity index (χ0n) is 14.0. The maximum atomic E-state index is 9.32. The number of hydrogen-bond acceptors (Lipinski definition) is 2. The molecule has 0 amide bonds. The summed E-state index contributed by atoms with van der Waals surface area (Å²) >= 11 is 0. The highest BCUT2D eigenvalue weighted by Crippen LogP contribution is 2.35. The van der Waals surface area contributed by atoms with Crippen molar-refractivity contribution in [2.75, 3.05) is 6.61 Å². The van der Waals surface area contributed by atoms with Gasteiger partial charge in [-0.25, -0.2) is 0 Å². The van der Waals surface area contributed by atoms with E-state index in [-0.39, 0.29) is 24.0 Å². The normalized spacial score (nSPS) is 12.8. The summed E-state index contributed by atoms with van der Waals surface area (Å²) in [7, 11) is 0. The molecule has 0 aliphatic rings. The maximum Gasteiger partial charge on any atom is 0.0512 e. The molecule has 0 rings (SSSR count). The minimum Gasteiger partial charge on any atom is -0.396 e. The third kappa shape index (κ3) is 15.1. The third-order valence-corrected chi connectivity index (χ3v) is 3.17. The van der Waals surface area contributed by atoms with Gasteiger partial charge < -0.3 is 10.2 Å². The monoisotopic (exact) mass is 282 g/mol. The Kier molecular flexibility index (Phi) is 19.4. The zero-order chi connectivity index (χ0) is 16.6. The summed E-state index contributed by atoms with van der Waals surface area (Å²) in [5.74, 6) is 2.84. The highest BCUT2D eigenvalue weighted by atomic mass is 16.3. The number of aliphatic hydroxyl groups excluding tert-OH is 2. The molecular weight excluding hydrogens is 248 g/mol. The summed E-state index contributed by atoms with van der Waals surface area (Å²) in [5.41, 5.74) is 0.0442. The molecule has 0 aliphatic carbocycles. The van der Waals surface area contributed by atoms with E-state index in [0.29, 0.717) is 6.42 Å². The zero-order valence-corrected chi connectivity index (χ0v) is 14.0. The maximum absolute atomic E-state index is 9.32. The van der Waals surface area contributed by atoms with E-state index in [1.165, 1.54) is 6.42 Å². The molecule has 2 atom stereocenters. The lowest BCUT2D eigenvalue weighted by Crippen LogP contribution is -2.28. The van der Waals surface area contributed by atoms with Crippen LogP contribution in [0.1, 0.15) is 66.7 Å². The van der Waals surface area contributed by atoms with Crippen LogP contribution in [0.2, 0.25) is 0 Å². The van der Waals surface area contributed by atoms with E-state index in [1.807, 2.05) is 0 Å². The lowest BCUT2D eigenvalue weighted by Gasteiger charge is -2.33. The van der Waals surface area contributed by atoms with Crippen LogP contribution in [0.3, 0.4) is 0 Å². The van der Waals surface area contributed by atoms with E-state index in [0.717, 1.165) is 19.3 Å². The molecule has 0 bridgehead atoms. The molecule has 0 spiro atoms. The number of aliphatic hydroxyl groups is 2. The van der Waals surface area contributed by atoms with Crippen molar-refractivity contribution in [2.24, 2.45) is 11.3 Å². The Hall–Kier alpha value is -0.960. The first-order valence-electron chi connectivity index (χ1n) is 7.41. The molecule has 20 heavy (non-hydrogen) atoms. The van der Waals surface area contributed by atoms with Crippen LogP contribution < -0.4 is 0 Å². The van der Waals surface area contributed by atoms with Crippen LogP contribution in [-0.4, -0.2) is 22.9 Å². The molecule has 0 heterocycles. The molecule has 2 nitrogen and oxygen atoms in total. The fourth-order valence-electron chi connectivity index (χ4n) is 1.77. The van der Waals surface area contributed by atoms with E-state index >= 15 is 0 Å². The van der Waals surface area contributed by atoms with Crippen LogP contribution in [0.25, 0.3) is 0 Å². The van der Waals surface area contributed by atoms with Crippen molar-refractivity contribution in [3.8, 4) is 25.2 Å². The van der Waals surface area contributed by atoms with Crippen molar-refractivity contribution in [1.82, 2.24) is 0 Å². The Morgan fingerprint density at radius 2 is 1.60 bits per heavy atom. The van der Waals surface area contributed by atoms with Gasteiger partial charge in [-0.3, -0.25) is 0 Å². The van der Waals surface area contributed by atoms with Gasteiger partial charge in [0.15, 0.2) is 0 Å². The first-order chi connectivity index (χ1) is 9.35. The molecule has 0 aliphatic heterocycles. The number of hydrogen-bond donors (Lipinski definition) is 2. The van der Waals surface area contributed by atoms with Crippen LogP contribution >= 0.6 is 0 Å². The third-order valence-electron chi connectivity index (χ3n) is 3.17. The highest BCUT2D eigenvalue weighted by molar-refractivity contribution is 4.87. The molecule has 0 saturated carbocycles. The fraction of sp³-hybridized carbons (Fsp3) is 0.778. The smallest absolute Gasteiger partial charge is 0.0512 e. The quantitative estimate of drug-likeness (QED) is 0.696. The number of rotatable bonds is 7. The molecule has 118 valence electrons. The van der Waals surface area contributed by atoms with Crippen LogP contribution in [0.5, 0.6) is 0 Å². The average molecular weight is 282 g/mol. The summed E-state index contributed by atoms with van der Waals surface area (Å²) in [4.78, 5) is 0. The van der Waals surface area contributed by atoms with Crippen LogP contribution in [0.15, 0.2) is 0 Å². The van der Waals surface area contributed by atoms with Gasteiger partial charge in [0.25, 0.3) is 0 Å². The first-order valence-corrected chi connectivity index (χ1v) is 7.41. The molecular formula is C18H34O2. The second kappa shape index (κ2) is 16.1. The Morgan fingerprint density at radius 3 is 1.90 bits per heavy atom. The van der Waals surface area contributed by atoms with Crippen molar-refractivity contribution < 1.29 is 10.2 Å². The van der Waals surface area contributed by atoms with Gasteiger partial charge in [-0.1, -0.05) is 34.1 Å². The van der Waals surface area contributed by atoms with E-state index < -0.39 is 0 Å². The molecule has 0 aromatic heterocycles. The molecule has 0 aromatic rings. The van der Waals surface area contributed by atoms with E-state index in [2.05, 4.69) is 46.5 Å². The van der Waals surface area contributed by atoms with E-state index in [1.54, 1.807) is 6.92 Å². The Bertz CT molecular complexity index is 246. The molecule has 0 radical (unpaired) electrons. The van der Waals surface area contributed by atoms with Crippen molar-refractivity contribution in [2.45, 2.75) is 72.8 Å². The van der Waals surface area contributed by atoms with Gasteiger partial charge in [-0.15, -0.1) is 25.2 Å².